The Bertz CT molecular complexity index is 1040. The molecule has 0 saturated heterocycles. The average molecular weight is 430 g/mol. The van der Waals surface area contributed by atoms with Gasteiger partial charge in [0, 0.05) is 29.8 Å². The molecular weight excluding hydrogens is 402 g/mol. The molecule has 0 spiro atoms. The van der Waals surface area contributed by atoms with Gasteiger partial charge in [-0.05, 0) is 38.3 Å². The lowest BCUT2D eigenvalue weighted by Gasteiger charge is -2.16. The molecule has 1 saturated carbocycles. The van der Waals surface area contributed by atoms with Crippen molar-refractivity contribution in [3.05, 3.63) is 58.9 Å². The van der Waals surface area contributed by atoms with Gasteiger partial charge in [0.05, 0.1) is 0 Å². The van der Waals surface area contributed by atoms with Gasteiger partial charge in [-0.25, -0.2) is 13.4 Å². The zero-order valence-electron chi connectivity index (χ0n) is 17.5. The molecule has 1 aromatic heterocycles. The van der Waals surface area contributed by atoms with E-state index in [0.29, 0.717) is 11.6 Å². The molecule has 8 heteroatoms. The van der Waals surface area contributed by atoms with Crippen LogP contribution in [0.3, 0.4) is 0 Å². The highest BCUT2D eigenvalue weighted by Crippen LogP contribution is 2.34. The standard InChI is InChI=1S/C22H27N3O4S/c1-15-8-4-7-11-19(15)29-22-18(14-23-20(25-22)17-9-5-6-10-17)21(26)24-16(2)12-13-30(3,27)28/h4,7-8,11-14,16-17H,5-6,9-10H2,1-3H3,(H,24,26)/b13-12+/t16-/m0/s1. The van der Waals surface area contributed by atoms with E-state index in [-0.39, 0.29) is 17.4 Å². The van der Waals surface area contributed by atoms with Crippen molar-refractivity contribution in [1.29, 1.82) is 0 Å². The number of aryl methyl sites for hydroxylation is 1. The molecule has 0 bridgehead atoms. The highest BCUT2D eigenvalue weighted by molar-refractivity contribution is 7.93. The highest BCUT2D eigenvalue weighted by Gasteiger charge is 2.24. The fourth-order valence-corrected chi connectivity index (χ4v) is 3.88. The molecule has 3 rings (SSSR count). The average Bonchev–Trinajstić information content (AvgIpc) is 3.22. The molecule has 1 atom stereocenters. The van der Waals surface area contributed by atoms with E-state index in [1.807, 2.05) is 31.2 Å². The van der Waals surface area contributed by atoms with E-state index in [4.69, 9.17) is 4.74 Å². The number of nitrogens with zero attached hydrogens (tertiary/aromatic N) is 2. The maximum atomic E-state index is 12.9. The summed E-state index contributed by atoms with van der Waals surface area (Å²) in [5, 5.41) is 3.82. The summed E-state index contributed by atoms with van der Waals surface area (Å²) < 4.78 is 28.6. The van der Waals surface area contributed by atoms with Crippen LogP contribution in [0.5, 0.6) is 11.6 Å². The third-order valence-corrected chi connectivity index (χ3v) is 5.66. The molecule has 1 aliphatic carbocycles. The van der Waals surface area contributed by atoms with Gasteiger partial charge in [0.1, 0.15) is 17.1 Å². The number of nitrogens with one attached hydrogen (secondary N) is 1. The second-order valence-electron chi connectivity index (χ2n) is 7.72. The van der Waals surface area contributed by atoms with Crippen LogP contribution < -0.4 is 10.1 Å². The molecule has 0 aliphatic heterocycles. The van der Waals surface area contributed by atoms with Crippen LogP contribution in [0.2, 0.25) is 0 Å². The van der Waals surface area contributed by atoms with Gasteiger partial charge in [0.15, 0.2) is 9.84 Å². The van der Waals surface area contributed by atoms with Gasteiger partial charge in [-0.2, -0.15) is 4.98 Å². The predicted octanol–water partition coefficient (Wildman–Crippen LogP) is 3.91. The molecule has 160 valence electrons. The normalized spacial score (nSPS) is 16.0. The van der Waals surface area contributed by atoms with Crippen LogP contribution >= 0.6 is 0 Å². The van der Waals surface area contributed by atoms with Crippen LogP contribution in [0, 0.1) is 6.92 Å². The molecule has 0 radical (unpaired) electrons. The topological polar surface area (TPSA) is 98.2 Å². The zero-order valence-corrected chi connectivity index (χ0v) is 18.3. The molecule has 1 amide bonds. The monoisotopic (exact) mass is 429 g/mol. The lowest BCUT2D eigenvalue weighted by atomic mass is 10.1. The van der Waals surface area contributed by atoms with Crippen molar-refractivity contribution in [2.45, 2.75) is 51.5 Å². The van der Waals surface area contributed by atoms with Gasteiger partial charge in [-0.1, -0.05) is 37.1 Å². The lowest BCUT2D eigenvalue weighted by molar-refractivity contribution is 0.0943. The van der Waals surface area contributed by atoms with E-state index in [9.17, 15) is 13.2 Å². The highest BCUT2D eigenvalue weighted by atomic mass is 32.2. The van der Waals surface area contributed by atoms with Gasteiger partial charge in [-0.3, -0.25) is 4.79 Å². The number of para-hydroxylation sites is 1. The predicted molar refractivity (Wildman–Crippen MR) is 115 cm³/mol. The summed E-state index contributed by atoms with van der Waals surface area (Å²) in [5.41, 5.74) is 1.13. The maximum Gasteiger partial charge on any atom is 0.258 e. The molecule has 7 nitrogen and oxygen atoms in total. The van der Waals surface area contributed by atoms with E-state index < -0.39 is 21.8 Å². The van der Waals surface area contributed by atoms with Crippen LogP contribution in [0.15, 0.2) is 41.9 Å². The summed E-state index contributed by atoms with van der Waals surface area (Å²) in [4.78, 5) is 21.9. The van der Waals surface area contributed by atoms with Gasteiger partial charge in [0.25, 0.3) is 5.91 Å². The van der Waals surface area contributed by atoms with Crippen molar-refractivity contribution in [2.75, 3.05) is 6.26 Å². The number of carbonyl (C=O) groups is 1. The number of ether oxygens (including phenoxy) is 1. The first-order valence-corrected chi connectivity index (χ1v) is 12.0. The molecule has 0 unspecified atom stereocenters. The smallest absolute Gasteiger partial charge is 0.258 e. The molecule has 1 aromatic carbocycles. The van der Waals surface area contributed by atoms with Gasteiger partial charge in [-0.15, -0.1) is 0 Å². The van der Waals surface area contributed by atoms with Crippen LogP contribution in [0.25, 0.3) is 0 Å². The SMILES string of the molecule is Cc1ccccc1Oc1nc(C2CCCC2)ncc1C(=O)N[C@@H](C)/C=C/S(C)(=O)=O. The summed E-state index contributed by atoms with van der Waals surface area (Å²) in [6.45, 7) is 3.61. The molecule has 1 fully saturated rings. The minimum atomic E-state index is -3.27. The van der Waals surface area contributed by atoms with Crippen molar-refractivity contribution < 1.29 is 17.9 Å². The lowest BCUT2D eigenvalue weighted by Crippen LogP contribution is -2.32. The molecular formula is C22H27N3O4S. The number of rotatable bonds is 7. The van der Waals surface area contributed by atoms with E-state index >= 15 is 0 Å². The first kappa shape index (κ1) is 22.0. The van der Waals surface area contributed by atoms with Crippen molar-refractivity contribution >= 4 is 15.7 Å². The second kappa shape index (κ2) is 9.38. The summed E-state index contributed by atoms with van der Waals surface area (Å²) in [5.74, 6) is 1.36. The quantitative estimate of drug-likeness (QED) is 0.716. The number of benzene rings is 1. The van der Waals surface area contributed by atoms with Crippen LogP contribution in [-0.4, -0.2) is 36.6 Å². The largest absolute Gasteiger partial charge is 0.438 e. The molecule has 30 heavy (non-hydrogen) atoms. The van der Waals surface area contributed by atoms with E-state index in [1.54, 1.807) is 6.92 Å². The van der Waals surface area contributed by atoms with E-state index in [0.717, 1.165) is 42.9 Å². The number of aromatic nitrogens is 2. The number of carbonyl (C=O) groups excluding carboxylic acids is 1. The summed E-state index contributed by atoms with van der Waals surface area (Å²) in [6.07, 6.45) is 8.37. The van der Waals surface area contributed by atoms with Gasteiger partial charge in [0.2, 0.25) is 5.88 Å². The Balaban J connectivity index is 1.89. The van der Waals surface area contributed by atoms with Crippen LogP contribution in [-0.2, 0) is 9.84 Å². The number of amides is 1. The molecule has 1 aliphatic rings. The van der Waals surface area contributed by atoms with Crippen molar-refractivity contribution in [1.82, 2.24) is 15.3 Å². The van der Waals surface area contributed by atoms with E-state index in [1.165, 1.54) is 12.3 Å². The number of hydrogen-bond acceptors (Lipinski definition) is 6. The fraction of sp³-hybridized carbons (Fsp3) is 0.409. The summed E-state index contributed by atoms with van der Waals surface area (Å²) >= 11 is 0. The Hall–Kier alpha value is -2.74. The Morgan fingerprint density at radius 2 is 1.97 bits per heavy atom. The maximum absolute atomic E-state index is 12.9. The molecule has 1 N–H and O–H groups in total. The third kappa shape index (κ3) is 5.89. The van der Waals surface area contributed by atoms with Gasteiger partial charge < -0.3 is 10.1 Å². The van der Waals surface area contributed by atoms with Crippen molar-refractivity contribution in [3.8, 4) is 11.6 Å². The first-order chi connectivity index (χ1) is 14.2. The minimum absolute atomic E-state index is 0.206. The first-order valence-electron chi connectivity index (χ1n) is 10.0. The van der Waals surface area contributed by atoms with Crippen molar-refractivity contribution in [3.63, 3.8) is 0 Å². The Morgan fingerprint density at radius 1 is 1.27 bits per heavy atom. The van der Waals surface area contributed by atoms with Gasteiger partial charge >= 0.3 is 0 Å². The summed E-state index contributed by atoms with van der Waals surface area (Å²) in [6, 6.07) is 7.03. The molecule has 1 heterocycles. The summed E-state index contributed by atoms with van der Waals surface area (Å²) in [7, 11) is -3.27. The van der Waals surface area contributed by atoms with Crippen LogP contribution in [0.4, 0.5) is 0 Å². The fourth-order valence-electron chi connectivity index (χ4n) is 3.36. The zero-order chi connectivity index (χ0) is 21.7. The Labute approximate surface area is 177 Å². The Morgan fingerprint density at radius 3 is 2.63 bits per heavy atom. The minimum Gasteiger partial charge on any atom is -0.438 e. The third-order valence-electron chi connectivity index (χ3n) is 5.01. The molecule has 2 aromatic rings. The Kier molecular flexibility index (Phi) is 6.87. The number of sulfone groups is 1. The van der Waals surface area contributed by atoms with Crippen LogP contribution in [0.1, 0.15) is 60.3 Å². The number of hydrogen-bond donors (Lipinski definition) is 1. The van der Waals surface area contributed by atoms with E-state index in [2.05, 4.69) is 15.3 Å². The van der Waals surface area contributed by atoms with Crippen molar-refractivity contribution in [2.24, 2.45) is 0 Å². The second-order valence-corrected chi connectivity index (χ2v) is 9.65.